The van der Waals surface area contributed by atoms with E-state index in [0.29, 0.717) is 9.13 Å². The number of hydrazone groups is 1. The van der Waals surface area contributed by atoms with E-state index in [-0.39, 0.29) is 11.3 Å². The van der Waals surface area contributed by atoms with Crippen molar-refractivity contribution in [2.75, 3.05) is 0 Å². The number of aromatic hydroxyl groups is 1. The Bertz CT molecular complexity index is 722. The zero-order chi connectivity index (χ0) is 15.4. The molecule has 0 aromatic heterocycles. The topological polar surface area (TPSA) is 61.7 Å². The molecule has 0 heterocycles. The van der Waals surface area contributed by atoms with Gasteiger partial charge in [-0.25, -0.2) is 9.82 Å². The molecule has 2 rings (SSSR count). The number of phenols is 1. The maximum atomic E-state index is 13.0. The normalized spacial score (nSPS) is 10.8. The van der Waals surface area contributed by atoms with Gasteiger partial charge in [-0.05, 0) is 52.9 Å². The molecular formula is C14H9BrFIN2O2. The van der Waals surface area contributed by atoms with Crippen LogP contribution in [-0.2, 0) is 0 Å². The van der Waals surface area contributed by atoms with Gasteiger partial charge < -0.3 is 5.11 Å². The maximum absolute atomic E-state index is 13.0. The van der Waals surface area contributed by atoms with E-state index >= 15 is 0 Å². The van der Waals surface area contributed by atoms with Crippen LogP contribution < -0.4 is 5.43 Å². The second-order valence-electron chi connectivity index (χ2n) is 4.03. The zero-order valence-corrected chi connectivity index (χ0v) is 14.2. The van der Waals surface area contributed by atoms with Gasteiger partial charge in [0.1, 0.15) is 11.6 Å². The van der Waals surface area contributed by atoms with E-state index < -0.39 is 11.7 Å². The van der Waals surface area contributed by atoms with Gasteiger partial charge in [0.25, 0.3) is 5.91 Å². The maximum Gasteiger partial charge on any atom is 0.271 e. The first-order valence-corrected chi connectivity index (χ1v) is 7.61. The van der Waals surface area contributed by atoms with Gasteiger partial charge in [-0.1, -0.05) is 22.0 Å². The number of nitrogens with one attached hydrogen (secondary N) is 1. The van der Waals surface area contributed by atoms with Crippen molar-refractivity contribution in [3.8, 4) is 5.75 Å². The molecule has 7 heteroatoms. The molecule has 0 atom stereocenters. The van der Waals surface area contributed by atoms with Crippen molar-refractivity contribution < 1.29 is 14.3 Å². The van der Waals surface area contributed by atoms with Crippen LogP contribution in [0.5, 0.6) is 5.75 Å². The fourth-order valence-electron chi connectivity index (χ4n) is 1.54. The minimum absolute atomic E-state index is 0.0718. The van der Waals surface area contributed by atoms with Crippen LogP contribution in [0, 0.1) is 9.39 Å². The Balaban J connectivity index is 2.11. The summed E-state index contributed by atoms with van der Waals surface area (Å²) in [7, 11) is 0. The van der Waals surface area contributed by atoms with Crippen molar-refractivity contribution in [2.45, 2.75) is 0 Å². The van der Waals surface area contributed by atoms with E-state index in [1.165, 1.54) is 24.4 Å². The Hall–Kier alpha value is -1.48. The highest BCUT2D eigenvalue weighted by molar-refractivity contribution is 14.1. The third-order valence-corrected chi connectivity index (χ3v) is 3.79. The number of amides is 1. The largest absolute Gasteiger partial charge is 0.506 e. The lowest BCUT2D eigenvalue weighted by Crippen LogP contribution is -2.17. The number of halogens is 3. The van der Waals surface area contributed by atoms with Crippen LogP contribution in [0.1, 0.15) is 15.9 Å². The molecule has 2 aromatic carbocycles. The Kier molecular flexibility index (Phi) is 5.29. The minimum Gasteiger partial charge on any atom is -0.506 e. The van der Waals surface area contributed by atoms with Crippen LogP contribution in [0.3, 0.4) is 0 Å². The molecule has 2 N–H and O–H groups in total. The van der Waals surface area contributed by atoms with E-state index in [9.17, 15) is 14.3 Å². The Morgan fingerprint density at radius 2 is 2.14 bits per heavy atom. The van der Waals surface area contributed by atoms with Gasteiger partial charge in [-0.3, -0.25) is 4.79 Å². The minimum atomic E-state index is -0.532. The van der Waals surface area contributed by atoms with Crippen LogP contribution in [0.4, 0.5) is 4.39 Å². The summed E-state index contributed by atoms with van der Waals surface area (Å²) in [4.78, 5) is 11.7. The third kappa shape index (κ3) is 4.24. The first-order chi connectivity index (χ1) is 9.97. The van der Waals surface area contributed by atoms with Gasteiger partial charge >= 0.3 is 0 Å². The van der Waals surface area contributed by atoms with Crippen molar-refractivity contribution in [1.82, 2.24) is 5.43 Å². The number of phenolic OH excluding ortho intramolecular Hbond substituents is 1. The van der Waals surface area contributed by atoms with Crippen molar-refractivity contribution in [3.05, 3.63) is 61.4 Å². The summed E-state index contributed by atoms with van der Waals surface area (Å²) >= 11 is 5.29. The number of rotatable bonds is 3. The van der Waals surface area contributed by atoms with Gasteiger partial charge in [0.05, 0.1) is 9.78 Å². The number of nitrogens with zero attached hydrogens (tertiary/aromatic N) is 1. The molecule has 0 aliphatic rings. The van der Waals surface area contributed by atoms with E-state index in [1.54, 1.807) is 12.1 Å². The Morgan fingerprint density at radius 1 is 1.38 bits per heavy atom. The lowest BCUT2D eigenvalue weighted by molar-refractivity contribution is 0.0954. The first kappa shape index (κ1) is 15.9. The fraction of sp³-hybridized carbons (Fsp3) is 0. The molecule has 0 radical (unpaired) electrons. The number of hydrogen-bond donors (Lipinski definition) is 2. The number of carbonyl (C=O) groups excluding carboxylic acids is 1. The van der Waals surface area contributed by atoms with Gasteiger partial charge in [-0.15, -0.1) is 0 Å². The van der Waals surface area contributed by atoms with Gasteiger partial charge in [0, 0.05) is 15.6 Å². The zero-order valence-electron chi connectivity index (χ0n) is 10.5. The molecule has 0 saturated heterocycles. The predicted octanol–water partition coefficient (Wildman–Crippen LogP) is 3.66. The molecular weight excluding hydrogens is 454 g/mol. The highest BCUT2D eigenvalue weighted by atomic mass is 127. The molecule has 0 spiro atoms. The van der Waals surface area contributed by atoms with Crippen LogP contribution in [-0.4, -0.2) is 17.2 Å². The lowest BCUT2D eigenvalue weighted by Gasteiger charge is -2.03. The van der Waals surface area contributed by atoms with E-state index in [0.717, 1.165) is 10.5 Å². The molecule has 108 valence electrons. The van der Waals surface area contributed by atoms with E-state index in [2.05, 4.69) is 26.5 Å². The molecule has 21 heavy (non-hydrogen) atoms. The van der Waals surface area contributed by atoms with Crippen LogP contribution in [0.2, 0.25) is 0 Å². The van der Waals surface area contributed by atoms with Crippen LogP contribution in [0.15, 0.2) is 46.0 Å². The van der Waals surface area contributed by atoms with Gasteiger partial charge in [0.15, 0.2) is 0 Å². The summed E-state index contributed by atoms with van der Waals surface area (Å²) in [6.45, 7) is 0. The molecule has 2 aromatic rings. The summed E-state index contributed by atoms with van der Waals surface area (Å²) < 4.78 is 14.4. The molecule has 0 aliphatic carbocycles. The highest BCUT2D eigenvalue weighted by Gasteiger charge is 2.07. The summed E-state index contributed by atoms with van der Waals surface area (Å²) in [5.74, 6) is -0.955. The SMILES string of the molecule is O=C(N/N=C\c1cc(Br)cc(I)c1O)c1cccc(F)c1. The second kappa shape index (κ2) is 6.99. The summed E-state index contributed by atoms with van der Waals surface area (Å²) in [6, 6.07) is 8.70. The lowest BCUT2D eigenvalue weighted by atomic mass is 10.2. The van der Waals surface area contributed by atoms with Crippen molar-refractivity contribution in [2.24, 2.45) is 5.10 Å². The summed E-state index contributed by atoms with van der Waals surface area (Å²) in [5.41, 5.74) is 2.89. The average Bonchev–Trinajstić information content (AvgIpc) is 2.43. The second-order valence-corrected chi connectivity index (χ2v) is 6.11. The van der Waals surface area contributed by atoms with E-state index in [1.807, 2.05) is 22.6 Å². The van der Waals surface area contributed by atoms with Gasteiger partial charge in [-0.2, -0.15) is 5.10 Å². The Labute approximate surface area is 142 Å². The highest BCUT2D eigenvalue weighted by Crippen LogP contribution is 2.27. The van der Waals surface area contributed by atoms with Crippen LogP contribution >= 0.6 is 38.5 Å². The van der Waals surface area contributed by atoms with E-state index in [4.69, 9.17) is 0 Å². The standard InChI is InChI=1S/C14H9BrFIN2O2/c15-10-4-9(13(20)12(17)6-10)7-18-19-14(21)8-2-1-3-11(16)5-8/h1-7,20H,(H,19,21)/b18-7-. The Morgan fingerprint density at radius 3 is 2.86 bits per heavy atom. The van der Waals surface area contributed by atoms with Crippen molar-refractivity contribution in [3.63, 3.8) is 0 Å². The number of carbonyl (C=O) groups is 1. The fourth-order valence-corrected chi connectivity index (χ4v) is 3.09. The van der Waals surface area contributed by atoms with Crippen molar-refractivity contribution >= 4 is 50.6 Å². The molecule has 0 aliphatic heterocycles. The third-order valence-electron chi connectivity index (χ3n) is 2.51. The summed E-state index contributed by atoms with van der Waals surface area (Å²) in [5, 5.41) is 13.6. The first-order valence-electron chi connectivity index (χ1n) is 5.74. The molecule has 1 amide bonds. The smallest absolute Gasteiger partial charge is 0.271 e. The molecule has 0 unspecified atom stereocenters. The quantitative estimate of drug-likeness (QED) is 0.415. The predicted molar refractivity (Wildman–Crippen MR) is 90.0 cm³/mol. The van der Waals surface area contributed by atoms with Crippen LogP contribution in [0.25, 0.3) is 0 Å². The number of benzene rings is 2. The van der Waals surface area contributed by atoms with Crippen molar-refractivity contribution in [1.29, 1.82) is 0 Å². The summed E-state index contributed by atoms with van der Waals surface area (Å²) in [6.07, 6.45) is 1.32. The molecule has 0 saturated carbocycles. The monoisotopic (exact) mass is 462 g/mol. The molecule has 4 nitrogen and oxygen atoms in total. The number of hydrogen-bond acceptors (Lipinski definition) is 3. The van der Waals surface area contributed by atoms with Gasteiger partial charge in [0.2, 0.25) is 0 Å². The average molecular weight is 463 g/mol. The molecule has 0 bridgehead atoms. The molecule has 0 fully saturated rings.